The second-order valence-corrected chi connectivity index (χ2v) is 9.81. The number of aromatic nitrogens is 5. The second kappa shape index (κ2) is 8.40. The minimum absolute atomic E-state index is 0.0764. The molecule has 0 unspecified atom stereocenters. The molecule has 5 heterocycles. The number of fused-ring (bicyclic) bond motifs is 1. The van der Waals surface area contributed by atoms with Gasteiger partial charge in [0.15, 0.2) is 10.7 Å². The normalized spacial score (nSPS) is 18.7. The Morgan fingerprint density at radius 1 is 1.12 bits per heavy atom. The highest BCUT2D eigenvalue weighted by Gasteiger charge is 2.45. The quantitative estimate of drug-likeness (QED) is 0.498. The molecule has 8 nitrogen and oxygen atoms in total. The fourth-order valence-electron chi connectivity index (χ4n) is 4.63. The van der Waals surface area contributed by atoms with Crippen molar-refractivity contribution in [2.24, 2.45) is 5.41 Å². The molecule has 2 fully saturated rings. The SMILES string of the molecule is O=C1CC2(CCN(c3cnc4cnn(CC(F)F)c4n3)CC2)CN1Cc1cnc(C(F)(F)F)s1. The van der Waals surface area contributed by atoms with E-state index in [1.165, 1.54) is 12.4 Å². The molecule has 1 amide bonds. The highest BCUT2D eigenvalue weighted by atomic mass is 32.1. The maximum Gasteiger partial charge on any atom is 0.443 e. The lowest BCUT2D eigenvalue weighted by molar-refractivity contribution is -0.137. The molecule has 0 atom stereocenters. The molecule has 0 aliphatic carbocycles. The topological polar surface area (TPSA) is 80.0 Å². The number of carbonyl (C=O) groups is 1. The molecule has 2 aliphatic heterocycles. The summed E-state index contributed by atoms with van der Waals surface area (Å²) in [5.74, 6) is 0.483. The third kappa shape index (κ3) is 4.42. The minimum atomic E-state index is -4.49. The van der Waals surface area contributed by atoms with E-state index in [-0.39, 0.29) is 17.9 Å². The Morgan fingerprint density at radius 2 is 1.88 bits per heavy atom. The number of piperidine rings is 1. The first-order chi connectivity index (χ1) is 16.1. The Kier molecular flexibility index (Phi) is 5.65. The summed E-state index contributed by atoms with van der Waals surface area (Å²) in [5.41, 5.74) is 0.481. The van der Waals surface area contributed by atoms with Crippen molar-refractivity contribution in [1.29, 1.82) is 0 Å². The van der Waals surface area contributed by atoms with E-state index >= 15 is 0 Å². The lowest BCUT2D eigenvalue weighted by atomic mass is 9.77. The first-order valence-corrected chi connectivity index (χ1v) is 11.4. The predicted octanol–water partition coefficient (Wildman–Crippen LogP) is 3.59. The zero-order valence-electron chi connectivity index (χ0n) is 17.8. The molecular weight excluding hydrogens is 481 g/mol. The Morgan fingerprint density at radius 3 is 2.56 bits per heavy atom. The molecule has 14 heteroatoms. The fraction of sp³-hybridized carbons (Fsp3) is 0.550. The molecule has 1 spiro atoms. The van der Waals surface area contributed by atoms with Crippen LogP contribution >= 0.6 is 11.3 Å². The van der Waals surface area contributed by atoms with Crippen LogP contribution in [0.15, 0.2) is 18.6 Å². The monoisotopic (exact) mass is 501 g/mol. The molecule has 2 saturated heterocycles. The van der Waals surface area contributed by atoms with Crippen LogP contribution in [0, 0.1) is 5.41 Å². The molecule has 3 aromatic heterocycles. The van der Waals surface area contributed by atoms with E-state index in [1.54, 1.807) is 11.1 Å². The number of anilines is 1. The van der Waals surface area contributed by atoms with Crippen molar-refractivity contribution in [3.8, 4) is 0 Å². The van der Waals surface area contributed by atoms with E-state index in [0.717, 1.165) is 4.68 Å². The van der Waals surface area contributed by atoms with Gasteiger partial charge in [0.25, 0.3) is 6.43 Å². The van der Waals surface area contributed by atoms with E-state index < -0.39 is 24.2 Å². The Balaban J connectivity index is 1.24. The van der Waals surface area contributed by atoms with Crippen molar-refractivity contribution in [3.63, 3.8) is 0 Å². The van der Waals surface area contributed by atoms with E-state index in [9.17, 15) is 26.7 Å². The van der Waals surface area contributed by atoms with Crippen molar-refractivity contribution < 1.29 is 26.7 Å². The van der Waals surface area contributed by atoms with E-state index in [4.69, 9.17) is 0 Å². The number of rotatable bonds is 5. The van der Waals surface area contributed by atoms with Gasteiger partial charge in [0, 0.05) is 42.5 Å². The zero-order valence-corrected chi connectivity index (χ0v) is 18.6. The molecule has 5 rings (SSSR count). The third-order valence-electron chi connectivity index (χ3n) is 6.34. The number of thiazole rings is 1. The number of likely N-dealkylation sites (tertiary alicyclic amines) is 1. The first-order valence-electron chi connectivity index (χ1n) is 10.6. The van der Waals surface area contributed by atoms with Crippen molar-refractivity contribution in [1.82, 2.24) is 29.6 Å². The number of alkyl halides is 5. The smallest absolute Gasteiger partial charge is 0.355 e. The number of halogens is 5. The van der Waals surface area contributed by atoms with Crippen molar-refractivity contribution in [2.75, 3.05) is 24.5 Å². The predicted molar refractivity (Wildman–Crippen MR) is 112 cm³/mol. The number of amides is 1. The summed E-state index contributed by atoms with van der Waals surface area (Å²) in [7, 11) is 0. The van der Waals surface area contributed by atoms with Gasteiger partial charge in [-0.1, -0.05) is 0 Å². The number of hydrogen-bond acceptors (Lipinski definition) is 7. The van der Waals surface area contributed by atoms with Gasteiger partial charge < -0.3 is 9.80 Å². The Bertz CT molecular complexity index is 1200. The van der Waals surface area contributed by atoms with E-state index in [1.807, 2.05) is 4.90 Å². The summed E-state index contributed by atoms with van der Waals surface area (Å²) < 4.78 is 65.2. The van der Waals surface area contributed by atoms with Crippen LogP contribution < -0.4 is 4.90 Å². The molecule has 0 aromatic carbocycles. The summed E-state index contributed by atoms with van der Waals surface area (Å²) in [6.45, 7) is 1.23. The second-order valence-electron chi connectivity index (χ2n) is 8.70. The number of carbonyl (C=O) groups excluding carboxylic acids is 1. The van der Waals surface area contributed by atoms with Crippen LogP contribution in [0.2, 0.25) is 0 Å². The number of hydrogen-bond donors (Lipinski definition) is 0. The van der Waals surface area contributed by atoms with Gasteiger partial charge in [-0.3, -0.25) is 4.79 Å². The van der Waals surface area contributed by atoms with Crippen LogP contribution in [0.3, 0.4) is 0 Å². The zero-order chi connectivity index (χ0) is 24.1. The standard InChI is InChI=1S/C20H20F5N7OS/c21-14(22)10-32-17-13(7-28-32)26-8-15(29-17)30-3-1-19(2-4-30)5-16(33)31(11-19)9-12-6-27-18(34-12)20(23,24)25/h6-8,14H,1-5,9-11H2. The van der Waals surface area contributed by atoms with Crippen molar-refractivity contribution >= 4 is 34.2 Å². The molecule has 0 N–H and O–H groups in total. The molecule has 3 aromatic rings. The van der Waals surface area contributed by atoms with Crippen LogP contribution in [0.4, 0.5) is 27.8 Å². The molecule has 2 aliphatic rings. The molecule has 0 radical (unpaired) electrons. The molecule has 182 valence electrons. The Hall–Kier alpha value is -2.90. The summed E-state index contributed by atoms with van der Waals surface area (Å²) in [4.78, 5) is 28.8. The fourth-order valence-corrected chi connectivity index (χ4v) is 5.42. The van der Waals surface area contributed by atoms with Crippen LogP contribution in [0.1, 0.15) is 29.1 Å². The summed E-state index contributed by atoms with van der Waals surface area (Å²) in [6.07, 6.45) is -1.14. The van der Waals surface area contributed by atoms with Crippen molar-refractivity contribution in [2.45, 2.75) is 45.0 Å². The highest BCUT2D eigenvalue weighted by molar-refractivity contribution is 7.11. The lowest BCUT2D eigenvalue weighted by Crippen LogP contribution is -2.42. The molecular formula is C20H20F5N7OS. The summed E-state index contributed by atoms with van der Waals surface area (Å²) in [5, 5.41) is 3.02. The van der Waals surface area contributed by atoms with Gasteiger partial charge in [0.1, 0.15) is 17.9 Å². The van der Waals surface area contributed by atoms with E-state index in [0.29, 0.717) is 72.1 Å². The van der Waals surface area contributed by atoms with Crippen LogP contribution in [0.5, 0.6) is 0 Å². The average Bonchev–Trinajstić information content (AvgIpc) is 3.47. The number of nitrogens with zero attached hydrogens (tertiary/aromatic N) is 7. The van der Waals surface area contributed by atoms with Gasteiger partial charge in [-0.15, -0.1) is 11.3 Å². The first kappa shape index (κ1) is 22.9. The largest absolute Gasteiger partial charge is 0.443 e. The van der Waals surface area contributed by atoms with Crippen LogP contribution in [-0.2, 0) is 24.1 Å². The third-order valence-corrected chi connectivity index (χ3v) is 7.37. The maximum absolute atomic E-state index is 12.8. The van der Waals surface area contributed by atoms with E-state index in [2.05, 4.69) is 20.1 Å². The van der Waals surface area contributed by atoms with Crippen LogP contribution in [0.25, 0.3) is 11.2 Å². The average molecular weight is 501 g/mol. The molecule has 0 bridgehead atoms. The summed E-state index contributed by atoms with van der Waals surface area (Å²) in [6, 6.07) is 0. The van der Waals surface area contributed by atoms with Gasteiger partial charge in [-0.2, -0.15) is 18.3 Å². The van der Waals surface area contributed by atoms with Gasteiger partial charge in [-0.05, 0) is 12.8 Å². The maximum atomic E-state index is 12.8. The van der Waals surface area contributed by atoms with Crippen LogP contribution in [-0.4, -0.2) is 61.6 Å². The lowest BCUT2D eigenvalue weighted by Gasteiger charge is -2.39. The van der Waals surface area contributed by atoms with Crippen molar-refractivity contribution in [3.05, 3.63) is 28.5 Å². The van der Waals surface area contributed by atoms with Gasteiger partial charge in [0.05, 0.1) is 18.9 Å². The highest BCUT2D eigenvalue weighted by Crippen LogP contribution is 2.42. The van der Waals surface area contributed by atoms with Gasteiger partial charge in [-0.25, -0.2) is 28.4 Å². The minimum Gasteiger partial charge on any atom is -0.355 e. The van der Waals surface area contributed by atoms with Gasteiger partial charge in [0.2, 0.25) is 5.91 Å². The summed E-state index contributed by atoms with van der Waals surface area (Å²) >= 11 is 0.560. The Labute approximate surface area is 194 Å². The molecule has 0 saturated carbocycles. The van der Waals surface area contributed by atoms with Gasteiger partial charge >= 0.3 is 6.18 Å². The molecule has 34 heavy (non-hydrogen) atoms.